The van der Waals surface area contributed by atoms with E-state index in [0.717, 1.165) is 0 Å². The van der Waals surface area contributed by atoms with Crippen LogP contribution in [0.25, 0.3) is 0 Å². The first kappa shape index (κ1) is 30.5. The summed E-state index contributed by atoms with van der Waals surface area (Å²) < 4.78 is 8.84. The summed E-state index contributed by atoms with van der Waals surface area (Å²) >= 11 is 0. The predicted octanol–water partition coefficient (Wildman–Crippen LogP) is -0.0658. The Kier molecular flexibility index (Phi) is 23.9. The Morgan fingerprint density at radius 2 is 1.16 bits per heavy atom. The summed E-state index contributed by atoms with van der Waals surface area (Å²) in [5.41, 5.74) is 0.948. The fraction of sp³-hybridized carbons (Fsp3) is 0.500. The SMILES string of the molecule is C=C(C)C(=O)OC.C=C(C)C(=O)OCC.C=C(C)C(=O)[O-].C[NH+](C)C. The van der Waals surface area contributed by atoms with Crippen molar-refractivity contribution in [1.29, 1.82) is 0 Å². The second kappa shape index (κ2) is 19.6. The van der Waals surface area contributed by atoms with Gasteiger partial charge in [0.15, 0.2) is 0 Å². The molecular formula is C18H33NO6. The number of hydrogen-bond acceptors (Lipinski definition) is 6. The first-order valence-corrected chi connectivity index (χ1v) is 7.44. The number of carbonyl (C=O) groups is 3. The average Bonchev–Trinajstić information content (AvgIpc) is 2.46. The van der Waals surface area contributed by atoms with Gasteiger partial charge in [-0.05, 0) is 33.3 Å². The predicted molar refractivity (Wildman–Crippen MR) is 96.8 cm³/mol. The molecule has 0 aromatic rings. The van der Waals surface area contributed by atoms with Crippen LogP contribution in [0.4, 0.5) is 0 Å². The van der Waals surface area contributed by atoms with Gasteiger partial charge in [-0.15, -0.1) is 0 Å². The van der Waals surface area contributed by atoms with Gasteiger partial charge in [-0.2, -0.15) is 0 Å². The highest BCUT2D eigenvalue weighted by molar-refractivity contribution is 5.87. The largest absolute Gasteiger partial charge is 0.545 e. The van der Waals surface area contributed by atoms with Gasteiger partial charge in [0.25, 0.3) is 0 Å². The van der Waals surface area contributed by atoms with Gasteiger partial charge in [-0.3, -0.25) is 0 Å². The standard InChI is InChI=1S/C6H10O2.C5H8O2.C4H6O2.C3H9N/c1-4-8-6(7)5(2)3;1-4(2)5(6)7-3;1-3(2)4(5)6;1-4(2)3/h2,4H2,1,3H3;1H2,2-3H3;1H2,2H3,(H,5,6);1-3H3. The van der Waals surface area contributed by atoms with Crippen LogP contribution in [0.2, 0.25) is 0 Å². The maximum atomic E-state index is 10.4. The van der Waals surface area contributed by atoms with Crippen molar-refractivity contribution < 1.29 is 33.9 Å². The molecule has 0 rings (SSSR count). The molecule has 0 fully saturated rings. The third-order valence-electron chi connectivity index (χ3n) is 1.51. The van der Waals surface area contributed by atoms with Crippen LogP contribution in [0, 0.1) is 0 Å². The van der Waals surface area contributed by atoms with Gasteiger partial charge in [-0.1, -0.05) is 19.7 Å². The van der Waals surface area contributed by atoms with Crippen LogP contribution in [-0.4, -0.2) is 52.8 Å². The highest BCUT2D eigenvalue weighted by Gasteiger charge is 1.98. The van der Waals surface area contributed by atoms with Crippen LogP contribution in [0.3, 0.4) is 0 Å². The Labute approximate surface area is 151 Å². The minimum Gasteiger partial charge on any atom is -0.545 e. The number of nitrogens with one attached hydrogen (secondary N) is 1. The number of carboxylic acid groups (broad SMARTS) is 1. The lowest BCUT2D eigenvalue weighted by molar-refractivity contribution is -0.836. The lowest BCUT2D eigenvalue weighted by atomic mass is 10.4. The monoisotopic (exact) mass is 359 g/mol. The van der Waals surface area contributed by atoms with Crippen LogP contribution >= 0.6 is 0 Å². The fourth-order valence-corrected chi connectivity index (χ4v) is 0.429. The molecule has 25 heavy (non-hydrogen) atoms. The second-order valence-corrected chi connectivity index (χ2v) is 5.34. The molecule has 0 spiro atoms. The van der Waals surface area contributed by atoms with Gasteiger partial charge in [0.1, 0.15) is 0 Å². The smallest absolute Gasteiger partial charge is 0.333 e. The molecule has 0 heterocycles. The number of rotatable bonds is 4. The van der Waals surface area contributed by atoms with E-state index in [0.29, 0.717) is 17.8 Å². The van der Waals surface area contributed by atoms with E-state index in [2.05, 4.69) is 50.4 Å². The summed E-state index contributed by atoms with van der Waals surface area (Å²) in [4.78, 5) is 31.5. The quantitative estimate of drug-likeness (QED) is 0.558. The molecule has 0 amide bonds. The molecule has 0 radical (unpaired) electrons. The van der Waals surface area contributed by atoms with Crippen molar-refractivity contribution in [2.45, 2.75) is 27.7 Å². The van der Waals surface area contributed by atoms with Crippen molar-refractivity contribution in [2.75, 3.05) is 34.9 Å². The topological polar surface area (TPSA) is 97.2 Å². The molecule has 0 bridgehead atoms. The first-order valence-electron chi connectivity index (χ1n) is 7.44. The van der Waals surface area contributed by atoms with E-state index < -0.39 is 5.97 Å². The molecule has 7 heteroatoms. The van der Waals surface area contributed by atoms with Crippen LogP contribution in [0.15, 0.2) is 36.5 Å². The summed E-state index contributed by atoms with van der Waals surface area (Å²) in [6.45, 7) is 16.6. The second-order valence-electron chi connectivity index (χ2n) is 5.34. The van der Waals surface area contributed by atoms with Gasteiger partial charge in [-0.25, -0.2) is 9.59 Å². The van der Waals surface area contributed by atoms with E-state index in [1.54, 1.807) is 20.8 Å². The highest BCUT2D eigenvalue weighted by atomic mass is 16.5. The maximum Gasteiger partial charge on any atom is 0.333 e. The molecule has 0 atom stereocenters. The average molecular weight is 359 g/mol. The molecule has 0 saturated heterocycles. The molecule has 0 aromatic carbocycles. The van der Waals surface area contributed by atoms with Crippen molar-refractivity contribution in [3.8, 4) is 0 Å². The van der Waals surface area contributed by atoms with Crippen LogP contribution in [-0.2, 0) is 23.9 Å². The molecule has 0 unspecified atom stereocenters. The summed E-state index contributed by atoms with van der Waals surface area (Å²) in [5, 5.41) is 9.49. The normalized spacial score (nSPS) is 8.04. The number of ether oxygens (including phenoxy) is 2. The van der Waals surface area contributed by atoms with Crippen LogP contribution in [0.1, 0.15) is 27.7 Å². The van der Waals surface area contributed by atoms with Crippen molar-refractivity contribution in [3.63, 3.8) is 0 Å². The van der Waals surface area contributed by atoms with E-state index in [1.165, 1.54) is 18.9 Å². The summed E-state index contributed by atoms with van der Waals surface area (Å²) in [7, 11) is 7.58. The lowest BCUT2D eigenvalue weighted by Crippen LogP contribution is -3.02. The number of hydrogen-bond donors (Lipinski definition) is 1. The Morgan fingerprint density at radius 3 is 1.20 bits per heavy atom. The molecule has 0 saturated carbocycles. The van der Waals surface area contributed by atoms with E-state index in [1.807, 2.05) is 0 Å². The highest BCUT2D eigenvalue weighted by Crippen LogP contribution is 1.89. The third kappa shape index (κ3) is 38.9. The zero-order valence-corrected chi connectivity index (χ0v) is 16.8. The Morgan fingerprint density at radius 1 is 0.880 bits per heavy atom. The van der Waals surface area contributed by atoms with E-state index in [-0.39, 0.29) is 17.5 Å². The van der Waals surface area contributed by atoms with Gasteiger partial charge < -0.3 is 24.3 Å². The molecule has 0 aromatic heterocycles. The number of aliphatic carboxylic acids is 1. The van der Waals surface area contributed by atoms with E-state index in [9.17, 15) is 19.5 Å². The molecule has 7 nitrogen and oxygen atoms in total. The summed E-state index contributed by atoms with van der Waals surface area (Å²) in [5.74, 6) is -1.84. The zero-order valence-electron chi connectivity index (χ0n) is 16.8. The molecule has 0 aliphatic carbocycles. The van der Waals surface area contributed by atoms with Gasteiger partial charge in [0.2, 0.25) is 0 Å². The maximum absolute atomic E-state index is 10.4. The summed E-state index contributed by atoms with van der Waals surface area (Å²) in [6.07, 6.45) is 0. The fourth-order valence-electron chi connectivity index (χ4n) is 0.429. The summed E-state index contributed by atoms with van der Waals surface area (Å²) in [6, 6.07) is 0. The Balaban J connectivity index is -0.000000121. The lowest BCUT2D eigenvalue weighted by Gasteiger charge is -1.96. The molecule has 146 valence electrons. The minimum absolute atomic E-state index is 0.0648. The number of carbonyl (C=O) groups excluding carboxylic acids is 3. The third-order valence-corrected chi connectivity index (χ3v) is 1.51. The van der Waals surface area contributed by atoms with Gasteiger partial charge in [0.05, 0.1) is 40.8 Å². The molecule has 1 N–H and O–H groups in total. The number of methoxy groups -OCH3 is 1. The van der Waals surface area contributed by atoms with Gasteiger partial charge >= 0.3 is 11.9 Å². The minimum atomic E-state index is -1.19. The Hall–Kier alpha value is -2.41. The zero-order chi connectivity index (χ0) is 21.2. The number of esters is 2. The van der Waals surface area contributed by atoms with Crippen molar-refractivity contribution in [3.05, 3.63) is 36.5 Å². The van der Waals surface area contributed by atoms with Crippen molar-refractivity contribution in [1.82, 2.24) is 0 Å². The van der Waals surface area contributed by atoms with E-state index in [4.69, 9.17) is 0 Å². The van der Waals surface area contributed by atoms with E-state index >= 15 is 0 Å². The van der Waals surface area contributed by atoms with Gasteiger partial charge in [0, 0.05) is 11.1 Å². The molecule has 0 aliphatic rings. The van der Waals surface area contributed by atoms with Crippen LogP contribution in [0.5, 0.6) is 0 Å². The first-order chi connectivity index (χ1) is 11.2. The number of carboxylic acids is 1. The molecule has 0 aliphatic heterocycles. The van der Waals surface area contributed by atoms with Crippen molar-refractivity contribution in [2.24, 2.45) is 0 Å². The van der Waals surface area contributed by atoms with Crippen LogP contribution < -0.4 is 10.0 Å². The number of quaternary nitrogens is 1. The van der Waals surface area contributed by atoms with Crippen molar-refractivity contribution >= 4 is 17.9 Å². The molecular weight excluding hydrogens is 326 g/mol. The Bertz CT molecular complexity index is 438.